The molecule has 0 amide bonds. The number of rotatable bonds is 0. The second-order valence-electron chi connectivity index (χ2n) is 2.53. The molecule has 0 radical (unpaired) electrons. The highest BCUT2D eigenvalue weighted by Crippen LogP contribution is 1.94. The zero-order valence-electron chi connectivity index (χ0n) is 6.38. The van der Waals surface area contributed by atoms with Gasteiger partial charge < -0.3 is 4.98 Å². The molecule has 0 aliphatic rings. The van der Waals surface area contributed by atoms with Crippen molar-refractivity contribution < 1.29 is 0 Å². The monoisotopic (exact) mass is 179 g/mol. The molecule has 0 saturated heterocycles. The quantitative estimate of drug-likeness (QED) is 0.479. The predicted octanol–water partition coefficient (Wildman–Crippen LogP) is -1.10. The summed E-state index contributed by atoms with van der Waals surface area (Å²) in [5.41, 5.74) is -1.34. The number of aromatic amines is 3. The molecular formula is C7H5N3O3. The number of H-pyrrole nitrogens is 3. The number of pyridine rings is 1. The fourth-order valence-electron chi connectivity index (χ4n) is 1.10. The third-order valence-electron chi connectivity index (χ3n) is 1.70. The molecule has 66 valence electrons. The molecule has 6 heteroatoms. The van der Waals surface area contributed by atoms with Gasteiger partial charge in [-0.1, -0.05) is 0 Å². The van der Waals surface area contributed by atoms with Gasteiger partial charge in [-0.3, -0.25) is 24.6 Å². The Balaban J connectivity index is 3.19. The van der Waals surface area contributed by atoms with Crippen LogP contribution in [0.1, 0.15) is 0 Å². The van der Waals surface area contributed by atoms with Gasteiger partial charge in [0.1, 0.15) is 0 Å². The molecule has 0 unspecified atom stereocenters. The van der Waals surface area contributed by atoms with Crippen LogP contribution in [0.3, 0.4) is 0 Å². The predicted molar refractivity (Wildman–Crippen MR) is 45.8 cm³/mol. The van der Waals surface area contributed by atoms with Gasteiger partial charge >= 0.3 is 0 Å². The maximum atomic E-state index is 11.1. The van der Waals surface area contributed by atoms with Gasteiger partial charge in [-0.2, -0.15) is 0 Å². The van der Waals surface area contributed by atoms with E-state index in [1.54, 1.807) is 0 Å². The number of hydrogen-bond donors (Lipinski definition) is 3. The summed E-state index contributed by atoms with van der Waals surface area (Å²) in [5.74, 6) is 0. The largest absolute Gasteiger partial charge is 0.328 e. The molecule has 0 aliphatic heterocycles. The second kappa shape index (κ2) is 2.44. The van der Waals surface area contributed by atoms with Crippen molar-refractivity contribution in [3.05, 3.63) is 43.3 Å². The maximum absolute atomic E-state index is 11.1. The molecule has 2 heterocycles. The third kappa shape index (κ3) is 1.08. The second-order valence-corrected chi connectivity index (χ2v) is 2.53. The zero-order valence-corrected chi connectivity index (χ0v) is 6.38. The van der Waals surface area contributed by atoms with Crippen molar-refractivity contribution in [2.24, 2.45) is 0 Å². The van der Waals surface area contributed by atoms with Gasteiger partial charge in [0.15, 0.2) is 0 Å². The molecule has 0 bridgehead atoms. The molecule has 0 atom stereocenters. The minimum atomic E-state index is -0.485. The fraction of sp³-hybridized carbons (Fsp3) is 0. The Morgan fingerprint density at radius 1 is 0.923 bits per heavy atom. The molecule has 0 saturated carbocycles. The summed E-state index contributed by atoms with van der Waals surface area (Å²) in [5, 5.41) is 4.53. The standard InChI is InChI=1S/C7H5N3O3/c11-5-1-3-4(2-8-5)7(13)10-9-6(3)12/h1-2H,(H,8,11)(H,9,12)(H,10,13). The van der Waals surface area contributed by atoms with E-state index < -0.39 is 16.7 Å². The van der Waals surface area contributed by atoms with Gasteiger partial charge in [0.25, 0.3) is 11.1 Å². The lowest BCUT2D eigenvalue weighted by molar-refractivity contribution is 0.973. The van der Waals surface area contributed by atoms with Crippen LogP contribution < -0.4 is 16.7 Å². The Morgan fingerprint density at radius 2 is 1.54 bits per heavy atom. The van der Waals surface area contributed by atoms with E-state index in [-0.39, 0.29) is 10.8 Å². The fourth-order valence-corrected chi connectivity index (χ4v) is 1.10. The van der Waals surface area contributed by atoms with E-state index in [2.05, 4.69) is 15.2 Å². The summed E-state index contributed by atoms with van der Waals surface area (Å²) < 4.78 is 0. The molecule has 0 spiro atoms. The van der Waals surface area contributed by atoms with E-state index in [4.69, 9.17) is 0 Å². The van der Waals surface area contributed by atoms with E-state index in [1.165, 1.54) is 6.20 Å². The summed E-state index contributed by atoms with van der Waals surface area (Å²) >= 11 is 0. The first-order chi connectivity index (χ1) is 6.18. The highest BCUT2D eigenvalue weighted by atomic mass is 16.1. The van der Waals surface area contributed by atoms with Gasteiger partial charge in [0.2, 0.25) is 5.56 Å². The smallest absolute Gasteiger partial charge is 0.271 e. The highest BCUT2D eigenvalue weighted by molar-refractivity contribution is 5.78. The summed E-state index contributed by atoms with van der Waals surface area (Å²) in [6, 6.07) is 1.09. The van der Waals surface area contributed by atoms with Crippen LogP contribution in [0, 0.1) is 0 Å². The van der Waals surface area contributed by atoms with Gasteiger partial charge in [-0.15, -0.1) is 0 Å². The van der Waals surface area contributed by atoms with E-state index in [0.717, 1.165) is 6.07 Å². The first-order valence-electron chi connectivity index (χ1n) is 3.52. The van der Waals surface area contributed by atoms with Crippen LogP contribution in [0.15, 0.2) is 26.6 Å². The molecule has 2 aromatic rings. The van der Waals surface area contributed by atoms with Crippen molar-refractivity contribution in [1.29, 1.82) is 0 Å². The van der Waals surface area contributed by atoms with Crippen molar-refractivity contribution in [1.82, 2.24) is 15.2 Å². The average Bonchev–Trinajstić information content (AvgIpc) is 2.12. The number of nitrogens with one attached hydrogen (secondary N) is 3. The Morgan fingerprint density at radius 3 is 2.23 bits per heavy atom. The van der Waals surface area contributed by atoms with Crippen LogP contribution in [0.25, 0.3) is 10.8 Å². The van der Waals surface area contributed by atoms with Gasteiger partial charge in [-0.05, 0) is 0 Å². The van der Waals surface area contributed by atoms with Crippen LogP contribution in [-0.4, -0.2) is 15.2 Å². The van der Waals surface area contributed by atoms with Crippen LogP contribution in [0.4, 0.5) is 0 Å². The molecule has 3 N–H and O–H groups in total. The molecule has 0 aromatic carbocycles. The van der Waals surface area contributed by atoms with Crippen molar-refractivity contribution in [3.8, 4) is 0 Å². The zero-order chi connectivity index (χ0) is 9.42. The SMILES string of the molecule is O=c1cc2c(=O)[nH][nH]c(=O)c2c[nH]1. The lowest BCUT2D eigenvalue weighted by Crippen LogP contribution is -2.21. The highest BCUT2D eigenvalue weighted by Gasteiger charge is 2.01. The Hall–Kier alpha value is -2.11. The van der Waals surface area contributed by atoms with E-state index >= 15 is 0 Å². The minimum Gasteiger partial charge on any atom is -0.328 e. The number of fused-ring (bicyclic) bond motifs is 1. The molecule has 13 heavy (non-hydrogen) atoms. The van der Waals surface area contributed by atoms with E-state index in [9.17, 15) is 14.4 Å². The number of aromatic nitrogens is 3. The normalized spacial score (nSPS) is 10.5. The molecule has 6 nitrogen and oxygen atoms in total. The van der Waals surface area contributed by atoms with Crippen molar-refractivity contribution in [3.63, 3.8) is 0 Å². The first-order valence-corrected chi connectivity index (χ1v) is 3.52. The Kier molecular flexibility index (Phi) is 1.42. The summed E-state index contributed by atoms with van der Waals surface area (Å²) in [7, 11) is 0. The number of hydrogen-bond acceptors (Lipinski definition) is 3. The van der Waals surface area contributed by atoms with Crippen molar-refractivity contribution in [2.45, 2.75) is 0 Å². The molecule has 2 aromatic heterocycles. The van der Waals surface area contributed by atoms with Crippen LogP contribution in [-0.2, 0) is 0 Å². The van der Waals surface area contributed by atoms with Gasteiger partial charge in [0.05, 0.1) is 10.8 Å². The van der Waals surface area contributed by atoms with Gasteiger partial charge in [-0.25, -0.2) is 0 Å². The molecule has 0 aliphatic carbocycles. The Bertz CT molecular complexity index is 619. The van der Waals surface area contributed by atoms with E-state index in [1.807, 2.05) is 0 Å². The minimum absolute atomic E-state index is 0.0903. The van der Waals surface area contributed by atoms with E-state index in [0.29, 0.717) is 0 Å². The molecular weight excluding hydrogens is 174 g/mol. The topological polar surface area (TPSA) is 98.6 Å². The summed E-state index contributed by atoms with van der Waals surface area (Å²) in [6.45, 7) is 0. The summed E-state index contributed by atoms with van der Waals surface area (Å²) in [4.78, 5) is 35.3. The Labute approximate surface area is 70.2 Å². The molecule has 0 fully saturated rings. The summed E-state index contributed by atoms with van der Waals surface area (Å²) in [6.07, 6.45) is 1.21. The third-order valence-corrected chi connectivity index (χ3v) is 1.70. The van der Waals surface area contributed by atoms with Crippen molar-refractivity contribution >= 4 is 10.8 Å². The lowest BCUT2D eigenvalue weighted by Gasteiger charge is -1.92. The van der Waals surface area contributed by atoms with Crippen molar-refractivity contribution in [2.75, 3.05) is 0 Å². The van der Waals surface area contributed by atoms with Crippen LogP contribution in [0.5, 0.6) is 0 Å². The average molecular weight is 179 g/mol. The first kappa shape index (κ1) is 7.53. The van der Waals surface area contributed by atoms with Crippen LogP contribution in [0.2, 0.25) is 0 Å². The molecule has 2 rings (SSSR count). The van der Waals surface area contributed by atoms with Crippen LogP contribution >= 0.6 is 0 Å². The van der Waals surface area contributed by atoms with Gasteiger partial charge in [0, 0.05) is 12.3 Å². The lowest BCUT2D eigenvalue weighted by atomic mass is 10.2. The maximum Gasteiger partial charge on any atom is 0.271 e.